The topological polar surface area (TPSA) is 68.3 Å². The molecule has 0 aliphatic heterocycles. The summed E-state index contributed by atoms with van der Waals surface area (Å²) in [7, 11) is 0. The molecule has 1 aliphatic carbocycles. The zero-order valence-corrected chi connectivity index (χ0v) is 26.5. The van der Waals surface area contributed by atoms with Gasteiger partial charge < -0.3 is 0 Å². The van der Waals surface area contributed by atoms with E-state index in [4.69, 9.17) is 0 Å². The Morgan fingerprint density at radius 1 is 0.850 bits per heavy atom. The van der Waals surface area contributed by atoms with E-state index in [1.165, 1.54) is 30.0 Å². The Morgan fingerprint density at radius 2 is 1.43 bits per heavy atom. The first kappa shape index (κ1) is 35.1. The lowest BCUT2D eigenvalue weighted by molar-refractivity contribution is -0.129. The highest BCUT2D eigenvalue weighted by Crippen LogP contribution is 2.37. The van der Waals surface area contributed by atoms with Crippen LogP contribution in [-0.2, 0) is 16.0 Å². The second-order valence-corrected chi connectivity index (χ2v) is 11.5. The van der Waals surface area contributed by atoms with Crippen molar-refractivity contribution in [2.45, 2.75) is 114 Å². The zero-order valence-electron chi connectivity index (χ0n) is 26.5. The van der Waals surface area contributed by atoms with Crippen molar-refractivity contribution in [3.8, 4) is 0 Å². The molecule has 3 rings (SSSR count). The molecule has 0 heterocycles. The van der Waals surface area contributed by atoms with Gasteiger partial charge in [0.1, 0.15) is 11.6 Å². The molecule has 0 fully saturated rings. The number of ketones is 4. The Bertz CT molecular complexity index is 1130. The lowest BCUT2D eigenvalue weighted by Gasteiger charge is -2.32. The fourth-order valence-electron chi connectivity index (χ4n) is 5.68. The van der Waals surface area contributed by atoms with Gasteiger partial charge in [0, 0.05) is 23.5 Å². The van der Waals surface area contributed by atoms with E-state index >= 15 is 0 Å². The van der Waals surface area contributed by atoms with Crippen LogP contribution in [0.5, 0.6) is 0 Å². The largest absolute Gasteiger partial charge is 0.300 e. The summed E-state index contributed by atoms with van der Waals surface area (Å²) in [6, 6.07) is 11.7. The van der Waals surface area contributed by atoms with E-state index in [2.05, 4.69) is 33.8 Å². The highest BCUT2D eigenvalue weighted by Gasteiger charge is 2.33. The first-order chi connectivity index (χ1) is 18.9. The van der Waals surface area contributed by atoms with Gasteiger partial charge in [-0.05, 0) is 82.4 Å². The number of aryl methyl sites for hydroxylation is 3. The third-order valence-corrected chi connectivity index (χ3v) is 7.60. The van der Waals surface area contributed by atoms with Gasteiger partial charge in [-0.25, -0.2) is 0 Å². The Hall–Kier alpha value is -2.88. The quantitative estimate of drug-likeness (QED) is 0.219. The van der Waals surface area contributed by atoms with Gasteiger partial charge in [-0.1, -0.05) is 88.9 Å². The van der Waals surface area contributed by atoms with Crippen molar-refractivity contribution in [2.75, 3.05) is 0 Å². The van der Waals surface area contributed by atoms with Crippen LogP contribution in [0.1, 0.15) is 129 Å². The minimum Gasteiger partial charge on any atom is -0.300 e. The molecule has 2 aromatic rings. The van der Waals surface area contributed by atoms with Crippen LogP contribution in [0.2, 0.25) is 0 Å². The Kier molecular flexibility index (Phi) is 15.6. The number of carbonyl (C=O) groups is 4. The summed E-state index contributed by atoms with van der Waals surface area (Å²) in [5, 5.41) is 0. The first-order valence-corrected chi connectivity index (χ1v) is 15.1. The summed E-state index contributed by atoms with van der Waals surface area (Å²) >= 11 is 0. The van der Waals surface area contributed by atoms with Gasteiger partial charge in [0.05, 0.1) is 6.42 Å². The van der Waals surface area contributed by atoms with Crippen LogP contribution in [0, 0.1) is 38.5 Å². The molecule has 1 aliphatic rings. The molecule has 3 unspecified atom stereocenters. The molecule has 220 valence electrons. The van der Waals surface area contributed by atoms with Crippen molar-refractivity contribution in [3.05, 3.63) is 69.8 Å². The van der Waals surface area contributed by atoms with E-state index < -0.39 is 0 Å². The zero-order chi connectivity index (χ0) is 30.4. The van der Waals surface area contributed by atoms with Gasteiger partial charge >= 0.3 is 0 Å². The van der Waals surface area contributed by atoms with E-state index in [0.717, 1.165) is 48.8 Å². The molecular weight excluding hydrogens is 496 g/mol. The summed E-state index contributed by atoms with van der Waals surface area (Å²) < 4.78 is 0. The van der Waals surface area contributed by atoms with Crippen LogP contribution in [-0.4, -0.2) is 23.1 Å². The molecular formula is C36H52O4. The second-order valence-electron chi connectivity index (χ2n) is 11.5. The Labute approximate surface area is 243 Å². The fraction of sp³-hybridized carbons (Fsp3) is 0.556. The number of fused-ring (bicyclic) bond motifs is 1. The number of Topliss-reactive ketones (excluding diaryl/α,β-unsaturated/α-hetero) is 4. The maximum absolute atomic E-state index is 12.8. The number of rotatable bonds is 10. The Morgan fingerprint density at radius 3 is 1.93 bits per heavy atom. The minimum atomic E-state index is -0.0658. The van der Waals surface area contributed by atoms with Crippen molar-refractivity contribution < 1.29 is 19.2 Å². The highest BCUT2D eigenvalue weighted by atomic mass is 16.1. The lowest BCUT2D eigenvalue weighted by atomic mass is 9.71. The summed E-state index contributed by atoms with van der Waals surface area (Å²) in [5.74, 6) is 0.891. The maximum atomic E-state index is 12.8. The van der Waals surface area contributed by atoms with Crippen LogP contribution in [0.4, 0.5) is 0 Å². The van der Waals surface area contributed by atoms with Crippen molar-refractivity contribution >= 4 is 23.1 Å². The van der Waals surface area contributed by atoms with E-state index in [-0.39, 0.29) is 41.4 Å². The van der Waals surface area contributed by atoms with E-state index in [1.54, 1.807) is 6.92 Å². The number of hydrogen-bond acceptors (Lipinski definition) is 4. The van der Waals surface area contributed by atoms with Crippen LogP contribution < -0.4 is 0 Å². The fourth-order valence-corrected chi connectivity index (χ4v) is 5.68. The van der Waals surface area contributed by atoms with Crippen molar-refractivity contribution in [1.29, 1.82) is 0 Å². The molecule has 0 amide bonds. The van der Waals surface area contributed by atoms with Gasteiger partial charge in [0.15, 0.2) is 11.6 Å². The van der Waals surface area contributed by atoms with Crippen LogP contribution in [0.25, 0.3) is 0 Å². The maximum Gasteiger partial charge on any atom is 0.163 e. The molecule has 0 aromatic heterocycles. The van der Waals surface area contributed by atoms with Crippen molar-refractivity contribution in [1.82, 2.24) is 0 Å². The predicted molar refractivity (Wildman–Crippen MR) is 166 cm³/mol. The van der Waals surface area contributed by atoms with Crippen molar-refractivity contribution in [2.24, 2.45) is 17.8 Å². The molecule has 0 N–H and O–H groups in total. The second kappa shape index (κ2) is 17.7. The average Bonchev–Trinajstić information content (AvgIpc) is 2.87. The molecule has 0 bridgehead atoms. The molecule has 0 spiro atoms. The molecule has 2 aromatic carbocycles. The van der Waals surface area contributed by atoms with Gasteiger partial charge in [-0.3, -0.25) is 19.2 Å². The third kappa shape index (κ3) is 10.9. The summed E-state index contributed by atoms with van der Waals surface area (Å²) in [5.41, 5.74) is 6.37. The van der Waals surface area contributed by atoms with E-state index in [1.807, 2.05) is 51.1 Å². The summed E-state index contributed by atoms with van der Waals surface area (Å²) in [6.45, 7) is 17.6. The van der Waals surface area contributed by atoms with E-state index in [9.17, 15) is 19.2 Å². The average molecular weight is 549 g/mol. The minimum absolute atomic E-state index is 0.0451. The van der Waals surface area contributed by atoms with Crippen molar-refractivity contribution in [3.63, 3.8) is 0 Å². The number of benzene rings is 2. The third-order valence-electron chi connectivity index (χ3n) is 7.60. The molecule has 4 nitrogen and oxygen atoms in total. The number of hydrogen-bond donors (Lipinski definition) is 0. The van der Waals surface area contributed by atoms with Gasteiger partial charge in [-0.2, -0.15) is 0 Å². The molecule has 3 atom stereocenters. The van der Waals surface area contributed by atoms with Gasteiger partial charge in [0.25, 0.3) is 0 Å². The summed E-state index contributed by atoms with van der Waals surface area (Å²) in [6.07, 6.45) is 6.46. The highest BCUT2D eigenvalue weighted by molar-refractivity contribution is 6.00. The summed E-state index contributed by atoms with van der Waals surface area (Å²) in [4.78, 5) is 47.6. The van der Waals surface area contributed by atoms with Crippen LogP contribution in [0.3, 0.4) is 0 Å². The lowest BCUT2D eigenvalue weighted by Crippen LogP contribution is -2.30. The Balaban J connectivity index is 0.000000508. The monoisotopic (exact) mass is 548 g/mol. The normalized spacial score (nSPS) is 15.4. The molecule has 0 radical (unpaired) electrons. The van der Waals surface area contributed by atoms with E-state index in [0.29, 0.717) is 12.3 Å². The van der Waals surface area contributed by atoms with Gasteiger partial charge in [-0.15, -0.1) is 0 Å². The standard InChI is InChI=1S/C24H34O3.C9H10O.C3H8/c1-6-8-19(20(7-2)22(26)11-17(5)25)12-18-13-21-15(3)9-10-16(4)24(21)23(27)14-18;1-7-3-5-9(6-4-7)8(2)10;1-3-2/h9-10,18-20H,6-8,11-14H2,1-5H3;3-6H,1-2H3;3H2,1-2H3. The molecule has 0 saturated carbocycles. The first-order valence-electron chi connectivity index (χ1n) is 15.1. The van der Waals surface area contributed by atoms with Crippen LogP contribution in [0.15, 0.2) is 36.4 Å². The SMILES string of the molecule is CC(=O)c1ccc(C)cc1.CCC.CCCC(CC1CC(=O)c2c(C)ccc(C)c2C1)C(CC)C(=O)CC(C)=O. The van der Waals surface area contributed by atoms with Crippen LogP contribution >= 0.6 is 0 Å². The molecule has 40 heavy (non-hydrogen) atoms. The number of carbonyl (C=O) groups excluding carboxylic acids is 4. The molecule has 0 saturated heterocycles. The van der Waals surface area contributed by atoms with Gasteiger partial charge in [0.2, 0.25) is 0 Å². The predicted octanol–water partition coefficient (Wildman–Crippen LogP) is 9.04. The smallest absolute Gasteiger partial charge is 0.163 e. The molecule has 4 heteroatoms.